The molecule has 2 saturated heterocycles. The van der Waals surface area contributed by atoms with Gasteiger partial charge in [-0.2, -0.15) is 0 Å². The molecule has 2 aromatic rings. The van der Waals surface area contributed by atoms with E-state index in [2.05, 4.69) is 23.2 Å². The highest BCUT2D eigenvalue weighted by molar-refractivity contribution is 7.91. The quantitative estimate of drug-likeness (QED) is 0.222. The van der Waals surface area contributed by atoms with Crippen LogP contribution in [0.25, 0.3) is 10.9 Å². The van der Waals surface area contributed by atoms with Gasteiger partial charge < -0.3 is 24.0 Å². The van der Waals surface area contributed by atoms with E-state index >= 15 is 0 Å². The van der Waals surface area contributed by atoms with Crippen molar-refractivity contribution in [2.24, 2.45) is 28.6 Å². The van der Waals surface area contributed by atoms with E-state index in [4.69, 9.17) is 19.2 Å². The number of ketones is 1. The Balaban J connectivity index is 1.14. The molecule has 3 aliphatic heterocycles. The van der Waals surface area contributed by atoms with Crippen molar-refractivity contribution in [1.29, 1.82) is 0 Å². The van der Waals surface area contributed by atoms with Gasteiger partial charge in [-0.3, -0.25) is 23.9 Å². The van der Waals surface area contributed by atoms with Gasteiger partial charge in [0.1, 0.15) is 24.1 Å². The molecule has 4 heterocycles. The summed E-state index contributed by atoms with van der Waals surface area (Å²) >= 11 is 0. The predicted molar refractivity (Wildman–Crippen MR) is 230 cm³/mol. The highest BCUT2D eigenvalue weighted by atomic mass is 32.2. The standard InChI is InChI=1S/C47H64N4O9S/c1-7-30-26-47(30,44(55)49-61(56,57)46(5)19-20-46)27-38(52)37-24-32-28-51(37)43(54)35(45(2,3)4)25-40(53)60-39-23-29(39)13-9-8-10-15-34-41(58-31-17-21-50(6)22-18-31)33-14-11-12-16-36(33)48-42(34)59-32/h7,11-12,14,16,29-32,35,37,39H,1,8-10,13,15,17-28H2,2-6H3,(H,49,55)/t29-,30-,32-,35-,37+,39-,47-/m1/s1. The van der Waals surface area contributed by atoms with Gasteiger partial charge in [-0.15, -0.1) is 6.58 Å². The maximum Gasteiger partial charge on any atom is 0.306 e. The number of Topliss-reactive ketones (excluding diaryl/α,β-unsaturated/α-hetero) is 1. The number of esters is 1. The number of benzene rings is 1. The first kappa shape index (κ1) is 43.6. The van der Waals surface area contributed by atoms with Gasteiger partial charge in [-0.05, 0) is 101 Å². The molecule has 6 aliphatic rings. The van der Waals surface area contributed by atoms with Gasteiger partial charge in [0, 0.05) is 31.3 Å². The summed E-state index contributed by atoms with van der Waals surface area (Å²) in [6, 6.07) is 6.92. The molecule has 5 fully saturated rings. The van der Waals surface area contributed by atoms with Crippen molar-refractivity contribution in [3.63, 3.8) is 0 Å². The first-order valence-corrected chi connectivity index (χ1v) is 24.0. The fourth-order valence-electron chi connectivity index (χ4n) is 9.82. The number of likely N-dealkylation sites (tertiary alicyclic amines) is 1. The molecular formula is C47H64N4O9S. The Morgan fingerprint density at radius 1 is 1.05 bits per heavy atom. The molecule has 332 valence electrons. The fourth-order valence-corrected chi connectivity index (χ4v) is 11.2. The summed E-state index contributed by atoms with van der Waals surface area (Å²) in [6.45, 7) is 13.1. The van der Waals surface area contributed by atoms with Crippen molar-refractivity contribution in [2.45, 2.75) is 147 Å². The number of hydrogen-bond acceptors (Lipinski definition) is 11. The number of ether oxygens (including phenoxy) is 3. The third-order valence-electron chi connectivity index (χ3n) is 14.6. The van der Waals surface area contributed by atoms with Gasteiger partial charge in [0.25, 0.3) is 0 Å². The zero-order valence-electron chi connectivity index (χ0n) is 36.6. The molecule has 0 radical (unpaired) electrons. The van der Waals surface area contributed by atoms with Crippen molar-refractivity contribution >= 4 is 44.5 Å². The van der Waals surface area contributed by atoms with E-state index in [0.29, 0.717) is 31.1 Å². The third kappa shape index (κ3) is 9.08. The summed E-state index contributed by atoms with van der Waals surface area (Å²) in [5.74, 6) is -1.58. The van der Waals surface area contributed by atoms with Gasteiger partial charge >= 0.3 is 5.97 Å². The van der Waals surface area contributed by atoms with E-state index in [1.54, 1.807) is 13.0 Å². The molecule has 1 aromatic carbocycles. The summed E-state index contributed by atoms with van der Waals surface area (Å²) in [5.41, 5.74) is -0.370. The highest BCUT2D eigenvalue weighted by Gasteiger charge is 2.62. The Morgan fingerprint density at radius 3 is 2.48 bits per heavy atom. The summed E-state index contributed by atoms with van der Waals surface area (Å²) in [6.07, 6.45) is 8.74. The molecule has 1 aromatic heterocycles. The zero-order valence-corrected chi connectivity index (χ0v) is 37.4. The van der Waals surface area contributed by atoms with Crippen LogP contribution in [0.3, 0.4) is 0 Å². The Morgan fingerprint density at radius 2 is 1.79 bits per heavy atom. The van der Waals surface area contributed by atoms with E-state index < -0.39 is 61.5 Å². The van der Waals surface area contributed by atoms with Gasteiger partial charge in [0.15, 0.2) is 5.78 Å². The maximum absolute atomic E-state index is 15.0. The molecule has 7 atom stereocenters. The molecule has 3 saturated carbocycles. The predicted octanol–water partition coefficient (Wildman–Crippen LogP) is 6.31. The second-order valence-electron chi connectivity index (χ2n) is 20.3. The molecule has 2 amide bonds. The van der Waals surface area contributed by atoms with Gasteiger partial charge in [0.2, 0.25) is 27.7 Å². The first-order valence-electron chi connectivity index (χ1n) is 22.6. The topological polar surface area (TPSA) is 162 Å². The van der Waals surface area contributed by atoms with E-state index in [0.717, 1.165) is 80.3 Å². The number of para-hydroxylation sites is 1. The van der Waals surface area contributed by atoms with Crippen LogP contribution in [0.2, 0.25) is 0 Å². The van der Waals surface area contributed by atoms with E-state index in [9.17, 15) is 27.6 Å². The van der Waals surface area contributed by atoms with Crippen LogP contribution < -0.4 is 14.2 Å². The van der Waals surface area contributed by atoms with Crippen LogP contribution in [0.5, 0.6) is 11.6 Å². The summed E-state index contributed by atoms with van der Waals surface area (Å²) < 4.78 is 47.5. The molecule has 2 bridgehead atoms. The van der Waals surface area contributed by atoms with Crippen molar-refractivity contribution in [3.05, 3.63) is 42.5 Å². The fraction of sp³-hybridized carbons (Fsp3) is 0.681. The number of rotatable bonds is 9. The zero-order chi connectivity index (χ0) is 43.5. The Labute approximate surface area is 360 Å². The van der Waals surface area contributed by atoms with Crippen LogP contribution in [-0.2, 0) is 40.4 Å². The lowest BCUT2D eigenvalue weighted by atomic mass is 9.77. The van der Waals surface area contributed by atoms with Crippen molar-refractivity contribution < 1.29 is 41.8 Å². The average molecular weight is 861 g/mol. The monoisotopic (exact) mass is 860 g/mol. The number of nitrogens with zero attached hydrogens (tertiary/aromatic N) is 3. The molecular weight excluding hydrogens is 797 g/mol. The maximum atomic E-state index is 15.0. The lowest BCUT2D eigenvalue weighted by molar-refractivity contribution is -0.154. The largest absolute Gasteiger partial charge is 0.489 e. The van der Waals surface area contributed by atoms with Crippen LogP contribution in [0.15, 0.2) is 36.9 Å². The number of piperidine rings is 1. The number of carbonyl (C=O) groups is 4. The van der Waals surface area contributed by atoms with Crippen molar-refractivity contribution in [2.75, 3.05) is 26.7 Å². The van der Waals surface area contributed by atoms with Gasteiger partial charge in [-0.25, -0.2) is 13.4 Å². The average Bonchev–Trinajstić information content (AvgIpc) is 4.17. The number of amides is 2. The van der Waals surface area contributed by atoms with Crippen LogP contribution in [-0.4, -0.2) is 103 Å². The van der Waals surface area contributed by atoms with Crippen LogP contribution >= 0.6 is 0 Å². The molecule has 61 heavy (non-hydrogen) atoms. The Kier molecular flexibility index (Phi) is 11.9. The molecule has 13 nitrogen and oxygen atoms in total. The second-order valence-corrected chi connectivity index (χ2v) is 22.5. The minimum absolute atomic E-state index is 0.0260. The SMILES string of the molecule is C=C[C@@H]1C[C@]1(CC(=O)[C@@H]1C[C@@H]2CN1C(=O)[C@H](C(C)(C)C)CC(=O)O[C@@H]1C[C@H]1CCCCCc1c(nc3ccccc3c1OC1CCN(C)CC1)O2)C(=O)NS(=O)(=O)C1(C)CC1. The van der Waals surface area contributed by atoms with E-state index in [1.807, 2.05) is 45.0 Å². The molecule has 0 spiro atoms. The van der Waals surface area contributed by atoms with Crippen LogP contribution in [0, 0.1) is 28.6 Å². The highest BCUT2D eigenvalue weighted by Crippen LogP contribution is 2.57. The van der Waals surface area contributed by atoms with Crippen LogP contribution in [0.4, 0.5) is 0 Å². The minimum Gasteiger partial charge on any atom is -0.489 e. The molecule has 3 aliphatic carbocycles. The summed E-state index contributed by atoms with van der Waals surface area (Å²) in [4.78, 5) is 66.1. The molecule has 1 N–H and O–H groups in total. The Bertz CT molecular complexity index is 2170. The van der Waals surface area contributed by atoms with Gasteiger partial charge in [-0.1, -0.05) is 51.8 Å². The number of carbonyl (C=O) groups excluding carboxylic acids is 4. The lowest BCUT2D eigenvalue weighted by Crippen LogP contribution is -2.49. The van der Waals surface area contributed by atoms with E-state index in [1.165, 1.54) is 4.90 Å². The van der Waals surface area contributed by atoms with Crippen molar-refractivity contribution in [1.82, 2.24) is 19.5 Å². The Hall–Kier alpha value is -4.04. The molecule has 8 rings (SSSR count). The normalized spacial score (nSPS) is 31.1. The van der Waals surface area contributed by atoms with Gasteiger partial charge in [0.05, 0.1) is 46.2 Å². The van der Waals surface area contributed by atoms with Crippen LogP contribution in [0.1, 0.15) is 117 Å². The number of aromatic nitrogens is 1. The molecule has 0 unspecified atom stereocenters. The first-order chi connectivity index (χ1) is 28.9. The number of fused-ring (bicyclic) bond motifs is 5. The second kappa shape index (κ2) is 16.6. The number of sulfonamides is 1. The summed E-state index contributed by atoms with van der Waals surface area (Å²) in [7, 11) is -1.84. The minimum atomic E-state index is -3.96. The number of allylic oxidation sites excluding steroid dienone is 1. The smallest absolute Gasteiger partial charge is 0.306 e. The number of pyridine rings is 1. The van der Waals surface area contributed by atoms with Crippen molar-refractivity contribution in [3.8, 4) is 11.6 Å². The summed E-state index contributed by atoms with van der Waals surface area (Å²) in [5, 5.41) is 0.917. The number of hydrogen-bond donors (Lipinski definition) is 1. The third-order valence-corrected chi connectivity index (χ3v) is 16.8. The van der Waals surface area contributed by atoms with E-state index in [-0.39, 0.29) is 56.1 Å². The lowest BCUT2D eigenvalue weighted by Gasteiger charge is -2.34. The number of nitrogens with one attached hydrogen (secondary N) is 1. The molecule has 14 heteroatoms.